The van der Waals surface area contributed by atoms with Gasteiger partial charge < -0.3 is 14.8 Å². The Kier molecular flexibility index (Phi) is 7.60. The average Bonchev–Trinajstić information content (AvgIpc) is 2.86. The minimum atomic E-state index is -3.75. The van der Waals surface area contributed by atoms with Crippen LogP contribution in [-0.2, 0) is 10.0 Å². The van der Waals surface area contributed by atoms with E-state index >= 15 is 0 Å². The number of hydrogen-bond acceptors (Lipinski definition) is 5. The van der Waals surface area contributed by atoms with E-state index in [-0.39, 0.29) is 16.8 Å². The molecule has 3 aromatic rings. The van der Waals surface area contributed by atoms with Crippen LogP contribution in [0.4, 0.5) is 5.69 Å². The fourth-order valence-electron chi connectivity index (χ4n) is 3.37. The van der Waals surface area contributed by atoms with Gasteiger partial charge in [0.15, 0.2) is 0 Å². The molecule has 1 N–H and O–H groups in total. The molecule has 0 heterocycles. The summed E-state index contributed by atoms with van der Waals surface area (Å²) in [6.07, 6.45) is 0.721. The summed E-state index contributed by atoms with van der Waals surface area (Å²) in [5, 5.41) is 3.03. The smallest absolute Gasteiger partial charge is 0.264 e. The molecule has 3 rings (SSSR count). The fourth-order valence-corrected chi connectivity index (χ4v) is 4.56. The molecule has 0 aromatic heterocycles. The molecule has 0 saturated heterocycles. The van der Waals surface area contributed by atoms with Crippen molar-refractivity contribution in [2.24, 2.45) is 0 Å². The van der Waals surface area contributed by atoms with Gasteiger partial charge in [0.05, 0.1) is 30.8 Å². The normalized spacial score (nSPS) is 12.0. The monoisotopic (exact) mass is 468 g/mol. The molecule has 174 valence electrons. The van der Waals surface area contributed by atoms with E-state index in [1.807, 2.05) is 31.2 Å². The van der Waals surface area contributed by atoms with Crippen LogP contribution in [0.5, 0.6) is 11.5 Å². The third-order valence-corrected chi connectivity index (χ3v) is 7.24. The van der Waals surface area contributed by atoms with Crippen molar-refractivity contribution in [3.63, 3.8) is 0 Å². The number of carbonyl (C=O) groups excluding carboxylic acids is 1. The third-order valence-electron chi connectivity index (χ3n) is 5.44. The topological polar surface area (TPSA) is 84.9 Å². The summed E-state index contributed by atoms with van der Waals surface area (Å²) in [6.45, 7) is 2.00. The maximum Gasteiger partial charge on any atom is 0.264 e. The van der Waals surface area contributed by atoms with Crippen LogP contribution in [0, 0.1) is 0 Å². The van der Waals surface area contributed by atoms with Crippen LogP contribution < -0.4 is 19.1 Å². The number of rotatable bonds is 9. The second kappa shape index (κ2) is 10.4. The lowest BCUT2D eigenvalue weighted by Crippen LogP contribution is -2.28. The van der Waals surface area contributed by atoms with E-state index in [1.54, 1.807) is 43.5 Å². The van der Waals surface area contributed by atoms with Crippen LogP contribution in [0.3, 0.4) is 0 Å². The highest BCUT2D eigenvalue weighted by Gasteiger charge is 2.22. The van der Waals surface area contributed by atoms with Crippen LogP contribution in [0.2, 0.25) is 0 Å². The van der Waals surface area contributed by atoms with E-state index < -0.39 is 10.0 Å². The summed E-state index contributed by atoms with van der Waals surface area (Å²) in [5.74, 6) is 1.10. The van der Waals surface area contributed by atoms with Gasteiger partial charge in [-0.1, -0.05) is 19.1 Å². The maximum atomic E-state index is 12.9. The molecular formula is C25H28N2O5S. The molecule has 0 aliphatic carbocycles. The van der Waals surface area contributed by atoms with Gasteiger partial charge in [-0.2, -0.15) is 0 Å². The third kappa shape index (κ3) is 5.46. The number of nitrogens with one attached hydrogen (secondary N) is 1. The number of methoxy groups -OCH3 is 2. The lowest BCUT2D eigenvalue weighted by Gasteiger charge is -2.21. The Morgan fingerprint density at radius 2 is 1.39 bits per heavy atom. The van der Waals surface area contributed by atoms with Gasteiger partial charge in [0.1, 0.15) is 11.5 Å². The van der Waals surface area contributed by atoms with Crippen molar-refractivity contribution in [1.29, 1.82) is 0 Å². The Morgan fingerprint density at radius 1 is 0.879 bits per heavy atom. The number of benzene rings is 3. The Hall–Kier alpha value is -3.52. The van der Waals surface area contributed by atoms with E-state index in [1.165, 1.54) is 30.6 Å². The minimum absolute atomic E-state index is 0.151. The number of anilines is 1. The zero-order valence-corrected chi connectivity index (χ0v) is 19.9. The van der Waals surface area contributed by atoms with Gasteiger partial charge >= 0.3 is 0 Å². The van der Waals surface area contributed by atoms with E-state index in [0.717, 1.165) is 17.7 Å². The maximum absolute atomic E-state index is 12.9. The highest BCUT2D eigenvalue weighted by atomic mass is 32.2. The zero-order chi connectivity index (χ0) is 24.0. The average molecular weight is 469 g/mol. The number of sulfonamides is 1. The summed E-state index contributed by atoms with van der Waals surface area (Å²) in [7, 11) is 0.859. The SMILES string of the molecule is CC[C@@H](NC(=O)c1ccc(N(C)S(=O)(=O)c2ccc(OC)cc2)cc1)c1ccc(OC)cc1. The molecule has 0 spiro atoms. The van der Waals surface area contributed by atoms with Crippen LogP contribution >= 0.6 is 0 Å². The van der Waals surface area contributed by atoms with Crippen molar-refractivity contribution >= 4 is 21.6 Å². The molecule has 0 bridgehead atoms. The molecular weight excluding hydrogens is 440 g/mol. The molecule has 0 radical (unpaired) electrons. The van der Waals surface area contributed by atoms with E-state index in [4.69, 9.17) is 9.47 Å². The van der Waals surface area contributed by atoms with Crippen molar-refractivity contribution < 1.29 is 22.7 Å². The first-order valence-electron chi connectivity index (χ1n) is 10.5. The van der Waals surface area contributed by atoms with E-state index in [9.17, 15) is 13.2 Å². The van der Waals surface area contributed by atoms with Gasteiger partial charge in [-0.15, -0.1) is 0 Å². The van der Waals surface area contributed by atoms with Crippen LogP contribution in [0.1, 0.15) is 35.3 Å². The number of hydrogen-bond donors (Lipinski definition) is 1. The van der Waals surface area contributed by atoms with E-state index in [0.29, 0.717) is 17.0 Å². The van der Waals surface area contributed by atoms with Crippen molar-refractivity contribution in [2.45, 2.75) is 24.3 Å². The molecule has 0 saturated carbocycles. The molecule has 0 aliphatic heterocycles. The second-order valence-corrected chi connectivity index (χ2v) is 9.37. The summed E-state index contributed by atoms with van der Waals surface area (Å²) in [6, 6.07) is 20.1. The van der Waals surface area contributed by atoms with Crippen LogP contribution in [0.25, 0.3) is 0 Å². The second-order valence-electron chi connectivity index (χ2n) is 7.40. The predicted octanol–water partition coefficient (Wildman–Crippen LogP) is 4.41. The Labute approximate surface area is 195 Å². The molecule has 0 unspecified atom stereocenters. The number of amides is 1. The fraction of sp³-hybridized carbons (Fsp3) is 0.240. The molecule has 0 fully saturated rings. The van der Waals surface area contributed by atoms with E-state index in [2.05, 4.69) is 5.32 Å². The lowest BCUT2D eigenvalue weighted by molar-refractivity contribution is 0.0935. The van der Waals surface area contributed by atoms with Crippen LogP contribution in [-0.4, -0.2) is 35.6 Å². The van der Waals surface area contributed by atoms with Gasteiger partial charge in [0.25, 0.3) is 15.9 Å². The highest BCUT2D eigenvalue weighted by molar-refractivity contribution is 7.92. The van der Waals surface area contributed by atoms with Gasteiger partial charge in [-0.3, -0.25) is 9.10 Å². The molecule has 33 heavy (non-hydrogen) atoms. The van der Waals surface area contributed by atoms with Crippen molar-refractivity contribution in [2.75, 3.05) is 25.6 Å². The molecule has 7 nitrogen and oxygen atoms in total. The highest BCUT2D eigenvalue weighted by Crippen LogP contribution is 2.25. The predicted molar refractivity (Wildman–Crippen MR) is 129 cm³/mol. The number of ether oxygens (including phenoxy) is 2. The summed E-state index contributed by atoms with van der Waals surface area (Å²) < 4.78 is 37.3. The zero-order valence-electron chi connectivity index (χ0n) is 19.1. The van der Waals surface area contributed by atoms with Gasteiger partial charge in [0.2, 0.25) is 0 Å². The Bertz CT molecular complexity index is 1170. The Morgan fingerprint density at radius 3 is 1.88 bits per heavy atom. The first-order valence-corrected chi connectivity index (χ1v) is 11.9. The first-order chi connectivity index (χ1) is 15.8. The molecule has 1 amide bonds. The van der Waals surface area contributed by atoms with Gasteiger partial charge in [0, 0.05) is 12.6 Å². The van der Waals surface area contributed by atoms with Gasteiger partial charge in [-0.25, -0.2) is 8.42 Å². The summed E-state index contributed by atoms with van der Waals surface area (Å²) in [5.41, 5.74) is 1.87. The molecule has 0 aliphatic rings. The van der Waals surface area contributed by atoms with Crippen molar-refractivity contribution in [3.05, 3.63) is 83.9 Å². The molecule has 3 aromatic carbocycles. The molecule has 8 heteroatoms. The quantitative estimate of drug-likeness (QED) is 0.503. The first kappa shape index (κ1) is 24.1. The standard InChI is InChI=1S/C25H28N2O5S/c1-5-24(18-8-12-21(31-3)13-9-18)26-25(28)19-6-10-20(11-7-19)27(2)33(29,30)23-16-14-22(32-4)15-17-23/h6-17,24H,5H2,1-4H3,(H,26,28)/t24-/m1/s1. The minimum Gasteiger partial charge on any atom is -0.497 e. The van der Waals surface area contributed by atoms with Crippen molar-refractivity contribution in [3.8, 4) is 11.5 Å². The number of carbonyl (C=O) groups is 1. The molecule has 1 atom stereocenters. The number of nitrogens with zero attached hydrogens (tertiary/aromatic N) is 1. The van der Waals surface area contributed by atoms with Gasteiger partial charge in [-0.05, 0) is 72.6 Å². The van der Waals surface area contributed by atoms with Crippen LogP contribution in [0.15, 0.2) is 77.7 Å². The summed E-state index contributed by atoms with van der Waals surface area (Å²) >= 11 is 0. The lowest BCUT2D eigenvalue weighted by atomic mass is 10.0. The Balaban J connectivity index is 1.73. The largest absolute Gasteiger partial charge is 0.497 e. The summed E-state index contributed by atoms with van der Waals surface area (Å²) in [4.78, 5) is 12.9. The van der Waals surface area contributed by atoms with Crippen molar-refractivity contribution in [1.82, 2.24) is 5.32 Å².